The van der Waals surface area contributed by atoms with Crippen LogP contribution in [0.4, 0.5) is 11.4 Å². The van der Waals surface area contributed by atoms with Crippen molar-refractivity contribution in [3.8, 4) is 0 Å². The highest BCUT2D eigenvalue weighted by Gasteiger charge is 2.43. The van der Waals surface area contributed by atoms with Gasteiger partial charge in [0, 0.05) is 41.4 Å². The lowest BCUT2D eigenvalue weighted by Crippen LogP contribution is -2.52. The molecule has 2 aromatic rings. The Kier molecular flexibility index (Phi) is 5.21. The standard InChI is InChI=1S/C20H19BrClN3O2/c21-14-3-1-6-17(11-14)25-19(26)13-18(20(25)27)24-9-7-23(8-10-24)16-5-2-4-15(22)12-16/h1-6,11-12,18H,7-10,13H2. The Labute approximate surface area is 171 Å². The summed E-state index contributed by atoms with van der Waals surface area (Å²) in [6.45, 7) is 3.08. The molecular formula is C20H19BrClN3O2. The molecule has 2 saturated heterocycles. The predicted molar refractivity (Wildman–Crippen MR) is 110 cm³/mol. The fraction of sp³-hybridized carbons (Fsp3) is 0.300. The average molecular weight is 449 g/mol. The summed E-state index contributed by atoms with van der Waals surface area (Å²) in [5.41, 5.74) is 1.71. The fourth-order valence-corrected chi connectivity index (χ4v) is 4.32. The molecule has 0 radical (unpaired) electrons. The van der Waals surface area contributed by atoms with Gasteiger partial charge in [-0.25, -0.2) is 4.90 Å². The highest BCUT2D eigenvalue weighted by molar-refractivity contribution is 9.10. The van der Waals surface area contributed by atoms with Gasteiger partial charge >= 0.3 is 0 Å². The van der Waals surface area contributed by atoms with E-state index < -0.39 is 0 Å². The van der Waals surface area contributed by atoms with E-state index in [1.54, 1.807) is 12.1 Å². The molecule has 2 heterocycles. The van der Waals surface area contributed by atoms with Gasteiger partial charge in [-0.2, -0.15) is 0 Å². The van der Waals surface area contributed by atoms with Crippen LogP contribution in [0.15, 0.2) is 53.0 Å². The summed E-state index contributed by atoms with van der Waals surface area (Å²) in [4.78, 5) is 31.2. The van der Waals surface area contributed by atoms with Crippen molar-refractivity contribution in [3.05, 3.63) is 58.0 Å². The Morgan fingerprint density at radius 3 is 2.33 bits per heavy atom. The highest BCUT2D eigenvalue weighted by atomic mass is 79.9. The van der Waals surface area contributed by atoms with Gasteiger partial charge in [-0.1, -0.05) is 39.7 Å². The third kappa shape index (κ3) is 3.74. The molecule has 4 rings (SSSR count). The normalized spacial score (nSPS) is 21.2. The van der Waals surface area contributed by atoms with Crippen LogP contribution in [0.3, 0.4) is 0 Å². The first-order valence-electron chi connectivity index (χ1n) is 8.90. The maximum absolute atomic E-state index is 12.9. The lowest BCUT2D eigenvalue weighted by atomic mass is 10.1. The smallest absolute Gasteiger partial charge is 0.251 e. The van der Waals surface area contributed by atoms with Gasteiger partial charge in [0.05, 0.1) is 18.2 Å². The van der Waals surface area contributed by atoms with Crippen molar-refractivity contribution < 1.29 is 9.59 Å². The summed E-state index contributed by atoms with van der Waals surface area (Å²) in [6.07, 6.45) is 0.239. The molecule has 2 aliphatic heterocycles. The first-order chi connectivity index (χ1) is 13.0. The van der Waals surface area contributed by atoms with E-state index >= 15 is 0 Å². The number of carbonyl (C=O) groups excluding carboxylic acids is 2. The van der Waals surface area contributed by atoms with Gasteiger partial charge in [0.25, 0.3) is 5.91 Å². The number of benzene rings is 2. The average Bonchev–Trinajstić information content (AvgIpc) is 2.96. The van der Waals surface area contributed by atoms with Gasteiger partial charge in [0.15, 0.2) is 0 Å². The summed E-state index contributed by atoms with van der Waals surface area (Å²) in [7, 11) is 0. The molecule has 2 amide bonds. The van der Waals surface area contributed by atoms with Crippen LogP contribution in [0.25, 0.3) is 0 Å². The molecule has 0 aromatic heterocycles. The van der Waals surface area contributed by atoms with Crippen molar-refractivity contribution in [1.82, 2.24) is 4.90 Å². The van der Waals surface area contributed by atoms with Gasteiger partial charge in [0.1, 0.15) is 0 Å². The van der Waals surface area contributed by atoms with Crippen molar-refractivity contribution >= 4 is 50.7 Å². The van der Waals surface area contributed by atoms with Crippen LogP contribution >= 0.6 is 27.5 Å². The minimum absolute atomic E-state index is 0.130. The molecule has 2 aromatic carbocycles. The van der Waals surface area contributed by atoms with E-state index in [9.17, 15) is 9.59 Å². The fourth-order valence-electron chi connectivity index (χ4n) is 3.75. The molecule has 1 atom stereocenters. The third-order valence-electron chi connectivity index (χ3n) is 5.12. The number of nitrogens with zero attached hydrogens (tertiary/aromatic N) is 3. The van der Waals surface area contributed by atoms with Crippen molar-refractivity contribution in [2.45, 2.75) is 12.5 Å². The SMILES string of the molecule is O=C1CC(N2CCN(c3cccc(Cl)c3)CC2)C(=O)N1c1cccc(Br)c1. The Balaban J connectivity index is 1.44. The quantitative estimate of drug-likeness (QED) is 0.674. The Hall–Kier alpha value is -1.89. The zero-order valence-electron chi connectivity index (χ0n) is 14.6. The summed E-state index contributed by atoms with van der Waals surface area (Å²) in [6, 6.07) is 14.7. The van der Waals surface area contributed by atoms with Crippen LogP contribution in [0.5, 0.6) is 0 Å². The number of hydrogen-bond donors (Lipinski definition) is 0. The molecule has 2 aliphatic rings. The van der Waals surface area contributed by atoms with E-state index in [-0.39, 0.29) is 24.3 Å². The molecule has 0 saturated carbocycles. The molecule has 2 fully saturated rings. The first kappa shape index (κ1) is 18.5. The van der Waals surface area contributed by atoms with Gasteiger partial charge in [-0.05, 0) is 36.4 Å². The van der Waals surface area contributed by atoms with Gasteiger partial charge in [-0.15, -0.1) is 0 Å². The maximum atomic E-state index is 12.9. The molecule has 27 heavy (non-hydrogen) atoms. The lowest BCUT2D eigenvalue weighted by molar-refractivity contribution is -0.123. The molecule has 0 bridgehead atoms. The third-order valence-corrected chi connectivity index (χ3v) is 5.85. The van der Waals surface area contributed by atoms with Crippen LogP contribution < -0.4 is 9.80 Å². The van der Waals surface area contributed by atoms with E-state index in [0.29, 0.717) is 5.69 Å². The van der Waals surface area contributed by atoms with Crippen LogP contribution in [-0.2, 0) is 9.59 Å². The summed E-state index contributed by atoms with van der Waals surface area (Å²) in [5.74, 6) is -0.269. The highest BCUT2D eigenvalue weighted by Crippen LogP contribution is 2.29. The minimum atomic E-state index is -0.377. The number of amides is 2. The lowest BCUT2D eigenvalue weighted by Gasteiger charge is -2.38. The second-order valence-corrected chi connectivity index (χ2v) is 8.12. The molecule has 140 valence electrons. The summed E-state index contributed by atoms with van der Waals surface area (Å²) >= 11 is 9.49. The molecule has 0 aliphatic carbocycles. The van der Waals surface area contributed by atoms with Crippen molar-refractivity contribution in [1.29, 1.82) is 0 Å². The Morgan fingerprint density at radius 2 is 1.63 bits per heavy atom. The first-order valence-corrected chi connectivity index (χ1v) is 10.1. The Bertz CT molecular complexity index is 883. The maximum Gasteiger partial charge on any atom is 0.251 e. The van der Waals surface area contributed by atoms with E-state index in [1.807, 2.05) is 36.4 Å². The van der Waals surface area contributed by atoms with Crippen molar-refractivity contribution in [3.63, 3.8) is 0 Å². The second kappa shape index (κ2) is 7.62. The van der Waals surface area contributed by atoms with E-state index in [2.05, 4.69) is 25.7 Å². The number of rotatable bonds is 3. The van der Waals surface area contributed by atoms with E-state index in [4.69, 9.17) is 11.6 Å². The number of imide groups is 1. The zero-order chi connectivity index (χ0) is 19.0. The number of halogens is 2. The summed E-state index contributed by atoms with van der Waals surface area (Å²) in [5, 5.41) is 0.719. The van der Waals surface area contributed by atoms with E-state index in [0.717, 1.165) is 41.4 Å². The summed E-state index contributed by atoms with van der Waals surface area (Å²) < 4.78 is 0.846. The largest absolute Gasteiger partial charge is 0.369 e. The molecular weight excluding hydrogens is 430 g/mol. The molecule has 0 spiro atoms. The van der Waals surface area contributed by atoms with Crippen LogP contribution in [0, 0.1) is 0 Å². The van der Waals surface area contributed by atoms with Crippen molar-refractivity contribution in [2.75, 3.05) is 36.0 Å². The zero-order valence-corrected chi connectivity index (χ0v) is 17.0. The van der Waals surface area contributed by atoms with Gasteiger partial charge in [0.2, 0.25) is 5.91 Å². The van der Waals surface area contributed by atoms with Crippen LogP contribution in [-0.4, -0.2) is 48.9 Å². The molecule has 7 heteroatoms. The minimum Gasteiger partial charge on any atom is -0.369 e. The van der Waals surface area contributed by atoms with Crippen LogP contribution in [0.2, 0.25) is 5.02 Å². The Morgan fingerprint density at radius 1 is 0.926 bits per heavy atom. The number of piperazine rings is 1. The van der Waals surface area contributed by atoms with Crippen LogP contribution in [0.1, 0.15) is 6.42 Å². The van der Waals surface area contributed by atoms with Crippen molar-refractivity contribution in [2.24, 2.45) is 0 Å². The number of hydrogen-bond acceptors (Lipinski definition) is 4. The predicted octanol–water partition coefficient (Wildman–Crippen LogP) is 3.56. The number of carbonyl (C=O) groups is 2. The molecule has 1 unspecified atom stereocenters. The number of anilines is 2. The topological polar surface area (TPSA) is 43.9 Å². The monoisotopic (exact) mass is 447 g/mol. The molecule has 5 nitrogen and oxygen atoms in total. The van der Waals surface area contributed by atoms with Gasteiger partial charge < -0.3 is 4.90 Å². The second-order valence-electron chi connectivity index (χ2n) is 6.77. The van der Waals surface area contributed by atoms with Gasteiger partial charge in [-0.3, -0.25) is 14.5 Å². The molecule has 0 N–H and O–H groups in total. The van der Waals surface area contributed by atoms with E-state index in [1.165, 1.54) is 4.90 Å².